The van der Waals surface area contributed by atoms with Crippen molar-refractivity contribution < 1.29 is 14.6 Å². The summed E-state index contributed by atoms with van der Waals surface area (Å²) in [7, 11) is 0. The van der Waals surface area contributed by atoms with E-state index in [9.17, 15) is 9.90 Å². The van der Waals surface area contributed by atoms with Crippen LogP contribution in [0.1, 0.15) is 41.5 Å². The number of carbonyl (C=O) groups excluding carboxylic acids is 1. The van der Waals surface area contributed by atoms with E-state index in [4.69, 9.17) is 4.74 Å². The number of aliphatic hydroxyl groups excluding tert-OH is 1. The van der Waals surface area contributed by atoms with Crippen LogP contribution in [0.5, 0.6) is 5.88 Å². The van der Waals surface area contributed by atoms with E-state index in [-0.39, 0.29) is 29.4 Å². The maximum Gasteiger partial charge on any atom is 0.263 e. The number of anilines is 2. The van der Waals surface area contributed by atoms with Gasteiger partial charge in [0.1, 0.15) is 11.4 Å². The van der Waals surface area contributed by atoms with Crippen molar-refractivity contribution in [3.63, 3.8) is 0 Å². The highest BCUT2D eigenvalue weighted by Gasteiger charge is 2.47. The number of fused-ring (bicyclic) bond motifs is 1. The Bertz CT molecular complexity index is 1240. The third kappa shape index (κ3) is 4.41. The Balaban J connectivity index is 1.39. The molecule has 5 rings (SSSR count). The van der Waals surface area contributed by atoms with Crippen molar-refractivity contribution in [3.8, 4) is 5.88 Å². The number of hydrogen-bond acceptors (Lipinski definition) is 9. The molecule has 0 aliphatic carbocycles. The fraction of sp³-hybridized carbons (Fsp3) is 0.542. The molecule has 1 unspecified atom stereocenters. The first-order chi connectivity index (χ1) is 16.9. The maximum absolute atomic E-state index is 13.1. The van der Waals surface area contributed by atoms with Gasteiger partial charge in [0.15, 0.2) is 5.65 Å². The summed E-state index contributed by atoms with van der Waals surface area (Å²) < 4.78 is 7.60. The lowest BCUT2D eigenvalue weighted by Crippen LogP contribution is -2.43. The van der Waals surface area contributed by atoms with E-state index in [0.29, 0.717) is 30.6 Å². The van der Waals surface area contributed by atoms with Gasteiger partial charge in [0.2, 0.25) is 11.8 Å². The number of aromatic nitrogens is 5. The Morgan fingerprint density at radius 2 is 2.06 bits per heavy atom. The zero-order valence-corrected chi connectivity index (χ0v) is 20.4. The topological polar surface area (TPSA) is 130 Å². The van der Waals surface area contributed by atoms with Crippen LogP contribution in [0.2, 0.25) is 0 Å². The lowest BCUT2D eigenvalue weighted by molar-refractivity contribution is 0.0998. The minimum Gasteiger partial charge on any atom is -0.477 e. The van der Waals surface area contributed by atoms with Crippen LogP contribution in [0, 0.1) is 25.2 Å². The largest absolute Gasteiger partial charge is 0.477 e. The van der Waals surface area contributed by atoms with Crippen molar-refractivity contribution in [1.82, 2.24) is 29.7 Å². The van der Waals surface area contributed by atoms with Crippen LogP contribution in [-0.4, -0.2) is 74.7 Å². The zero-order chi connectivity index (χ0) is 24.6. The predicted octanol–water partition coefficient (Wildman–Crippen LogP) is 1.59. The van der Waals surface area contributed by atoms with E-state index in [1.54, 1.807) is 6.20 Å². The van der Waals surface area contributed by atoms with Crippen molar-refractivity contribution in [3.05, 3.63) is 35.5 Å². The molecule has 11 nitrogen and oxygen atoms in total. The molecule has 5 heterocycles. The number of aliphatic hydroxyl groups is 1. The molecule has 0 aromatic carbocycles. The number of amides is 1. The number of nitrogens with zero attached hydrogens (tertiary/aromatic N) is 6. The minimum atomic E-state index is -0.396. The molecule has 3 aromatic rings. The highest BCUT2D eigenvalue weighted by atomic mass is 16.5. The number of ether oxygens (including phenoxy) is 1. The molecule has 35 heavy (non-hydrogen) atoms. The molecule has 2 fully saturated rings. The van der Waals surface area contributed by atoms with Crippen LogP contribution < -0.4 is 20.3 Å². The van der Waals surface area contributed by atoms with E-state index in [1.807, 2.05) is 31.4 Å². The lowest BCUT2D eigenvalue weighted by atomic mass is 9.71. The molecule has 2 aliphatic heterocycles. The number of aryl methyl sites for hydroxylation is 2. The fourth-order valence-electron chi connectivity index (χ4n) is 5.36. The van der Waals surface area contributed by atoms with Crippen molar-refractivity contribution in [2.45, 2.75) is 33.6 Å². The van der Waals surface area contributed by atoms with Gasteiger partial charge in [-0.2, -0.15) is 4.98 Å². The molecule has 2 saturated heterocycles. The van der Waals surface area contributed by atoms with Crippen molar-refractivity contribution in [2.24, 2.45) is 11.3 Å². The Hall–Kier alpha value is -3.31. The second-order valence-corrected chi connectivity index (χ2v) is 9.47. The Morgan fingerprint density at radius 1 is 1.26 bits per heavy atom. The number of piperidine rings is 1. The highest BCUT2D eigenvalue weighted by Crippen LogP contribution is 2.44. The molecule has 0 radical (unpaired) electrons. The Labute approximate surface area is 204 Å². The second-order valence-electron chi connectivity index (χ2n) is 9.47. The second kappa shape index (κ2) is 9.38. The zero-order valence-electron chi connectivity index (χ0n) is 20.4. The average molecular weight is 481 g/mol. The average Bonchev–Trinajstić information content (AvgIpc) is 3.39. The van der Waals surface area contributed by atoms with Crippen LogP contribution in [0.25, 0.3) is 5.65 Å². The van der Waals surface area contributed by atoms with Crippen LogP contribution in [0.15, 0.2) is 18.6 Å². The van der Waals surface area contributed by atoms with Gasteiger partial charge in [-0.25, -0.2) is 15.0 Å². The molecule has 1 atom stereocenters. The van der Waals surface area contributed by atoms with E-state index in [2.05, 4.69) is 35.5 Å². The summed E-state index contributed by atoms with van der Waals surface area (Å²) in [4.78, 5) is 33.3. The van der Waals surface area contributed by atoms with Crippen LogP contribution in [-0.2, 0) is 0 Å². The van der Waals surface area contributed by atoms with Gasteiger partial charge >= 0.3 is 0 Å². The minimum absolute atomic E-state index is 0.0546. The third-order valence-corrected chi connectivity index (χ3v) is 7.15. The monoisotopic (exact) mass is 480 g/mol. The van der Waals surface area contributed by atoms with Gasteiger partial charge < -0.3 is 29.8 Å². The van der Waals surface area contributed by atoms with Crippen molar-refractivity contribution in [1.29, 1.82) is 0 Å². The summed E-state index contributed by atoms with van der Waals surface area (Å²) in [5.74, 6) is 0.929. The van der Waals surface area contributed by atoms with E-state index < -0.39 is 5.91 Å². The summed E-state index contributed by atoms with van der Waals surface area (Å²) in [5, 5.41) is 16.3. The quantitative estimate of drug-likeness (QED) is 0.481. The predicted molar refractivity (Wildman–Crippen MR) is 131 cm³/mol. The summed E-state index contributed by atoms with van der Waals surface area (Å²) in [6.07, 6.45) is 7.15. The van der Waals surface area contributed by atoms with Crippen LogP contribution in [0.4, 0.5) is 11.8 Å². The fourth-order valence-corrected chi connectivity index (χ4v) is 5.36. The summed E-state index contributed by atoms with van der Waals surface area (Å²) in [6, 6.07) is 0. The third-order valence-electron chi connectivity index (χ3n) is 7.15. The first-order valence-electron chi connectivity index (χ1n) is 12.1. The summed E-state index contributed by atoms with van der Waals surface area (Å²) >= 11 is 0. The van der Waals surface area contributed by atoms with E-state index in [0.717, 1.165) is 43.8 Å². The lowest BCUT2D eigenvalue weighted by Gasteiger charge is -2.37. The summed E-state index contributed by atoms with van der Waals surface area (Å²) in [5.41, 5.74) is 2.64. The van der Waals surface area contributed by atoms with Gasteiger partial charge in [-0.15, -0.1) is 0 Å². The van der Waals surface area contributed by atoms with Gasteiger partial charge in [-0.1, -0.05) is 0 Å². The van der Waals surface area contributed by atoms with Gasteiger partial charge in [0.05, 0.1) is 24.2 Å². The van der Waals surface area contributed by atoms with Gasteiger partial charge in [-0.3, -0.25) is 4.79 Å². The molecule has 1 spiro atoms. The molecule has 3 N–H and O–H groups in total. The van der Waals surface area contributed by atoms with E-state index in [1.165, 1.54) is 6.20 Å². The molecule has 1 amide bonds. The number of hydrogen-bond donors (Lipinski definition) is 3. The standard InChI is InChI=1S/C24H32N8O3/c1-4-35-22-18(21(34)29-19-12-31-10-15(2)27-20(31)16(3)28-19)9-26-23(30-22)32-11-17(13-33)24(14-32)5-7-25-8-6-24/h9-10,12,17,25,33H,4-8,11,13-14H2,1-3H3,(H,29,34). The van der Waals surface area contributed by atoms with Crippen LogP contribution in [0.3, 0.4) is 0 Å². The molecule has 2 aliphatic rings. The van der Waals surface area contributed by atoms with Gasteiger partial charge in [0.25, 0.3) is 5.91 Å². The van der Waals surface area contributed by atoms with Gasteiger partial charge in [-0.05, 0) is 52.1 Å². The maximum atomic E-state index is 13.1. The Kier molecular flexibility index (Phi) is 6.28. The molecule has 0 saturated carbocycles. The molecule has 186 valence electrons. The molecular formula is C24H32N8O3. The van der Waals surface area contributed by atoms with Gasteiger partial charge in [0, 0.05) is 38.0 Å². The molecule has 0 bridgehead atoms. The number of carbonyl (C=O) groups is 1. The van der Waals surface area contributed by atoms with Crippen molar-refractivity contribution >= 4 is 23.3 Å². The SMILES string of the molecule is CCOc1nc(N2CC(CO)C3(CCNCC3)C2)ncc1C(=O)Nc1cn2cc(C)nc2c(C)n1. The number of nitrogens with one attached hydrogen (secondary N) is 2. The van der Waals surface area contributed by atoms with Crippen LogP contribution >= 0.6 is 0 Å². The smallest absolute Gasteiger partial charge is 0.263 e. The van der Waals surface area contributed by atoms with Crippen molar-refractivity contribution in [2.75, 3.05) is 49.6 Å². The summed E-state index contributed by atoms with van der Waals surface area (Å²) in [6.45, 7) is 9.49. The van der Waals surface area contributed by atoms with E-state index >= 15 is 0 Å². The molecule has 3 aromatic heterocycles. The Morgan fingerprint density at radius 3 is 2.80 bits per heavy atom. The number of imidazole rings is 1. The molecule has 11 heteroatoms. The first kappa shape index (κ1) is 23.4. The number of rotatable bonds is 6. The normalized spacial score (nSPS) is 19.4. The highest BCUT2D eigenvalue weighted by molar-refractivity contribution is 6.05. The molecular weight excluding hydrogens is 448 g/mol. The first-order valence-corrected chi connectivity index (χ1v) is 12.1.